The Morgan fingerprint density at radius 1 is 0.896 bits per heavy atom. The fourth-order valence-electron chi connectivity index (χ4n) is 6.34. The van der Waals surface area contributed by atoms with Gasteiger partial charge in [-0.05, 0) is 127 Å². The summed E-state index contributed by atoms with van der Waals surface area (Å²) >= 11 is 11.1. The number of benzene rings is 4. The summed E-state index contributed by atoms with van der Waals surface area (Å²) in [5.41, 5.74) is 8.08. The molecule has 0 spiro atoms. The van der Waals surface area contributed by atoms with Crippen molar-refractivity contribution >= 4 is 56.3 Å². The van der Waals surface area contributed by atoms with Crippen molar-refractivity contribution in [2.45, 2.75) is 31.7 Å². The zero-order valence-electron chi connectivity index (χ0n) is 26.5. The van der Waals surface area contributed by atoms with E-state index in [0.717, 1.165) is 86.6 Å². The second-order valence-electron chi connectivity index (χ2n) is 11.7. The molecule has 1 aliphatic carbocycles. The van der Waals surface area contributed by atoms with Crippen molar-refractivity contribution in [2.24, 2.45) is 4.99 Å². The highest BCUT2D eigenvalue weighted by atomic mass is 79.9. The second-order valence-corrected chi connectivity index (χ2v) is 14.1. The first-order valence-electron chi connectivity index (χ1n) is 15.8. The van der Waals surface area contributed by atoms with Crippen LogP contribution in [-0.2, 0) is 0 Å². The van der Waals surface area contributed by atoms with Gasteiger partial charge in [0.2, 0.25) is 0 Å². The Balaban J connectivity index is 1.49. The van der Waals surface area contributed by atoms with E-state index in [1.165, 1.54) is 11.3 Å². The summed E-state index contributed by atoms with van der Waals surface area (Å²) in [5.74, 6) is 1.56. The first-order valence-corrected chi connectivity index (χ1v) is 17.8. The van der Waals surface area contributed by atoms with Crippen LogP contribution in [0.15, 0.2) is 128 Å². The number of nitrogens with zero attached hydrogens (tertiary/aromatic N) is 2. The molecule has 242 valence electrons. The Labute approximate surface area is 296 Å². The van der Waals surface area contributed by atoms with Crippen LogP contribution < -0.4 is 29.7 Å². The number of aromatic nitrogens is 1. The molecule has 2 heterocycles. The topological polar surface area (TPSA) is 64.8 Å². The van der Waals surface area contributed by atoms with E-state index in [1.54, 1.807) is 14.2 Å². The molecule has 0 fully saturated rings. The van der Waals surface area contributed by atoms with E-state index < -0.39 is 0 Å². The first kappa shape index (κ1) is 32.2. The van der Waals surface area contributed by atoms with Gasteiger partial charge in [-0.1, -0.05) is 63.1 Å². The summed E-state index contributed by atoms with van der Waals surface area (Å²) in [6, 6.07) is 31.6. The van der Waals surface area contributed by atoms with E-state index in [1.807, 2.05) is 71.3 Å². The highest BCUT2D eigenvalue weighted by molar-refractivity contribution is 9.10. The summed E-state index contributed by atoms with van der Waals surface area (Å²) in [5, 5.41) is 4.42. The average Bonchev–Trinajstić information content (AvgIpc) is 3.27. The molecule has 1 N–H and O–H groups in total. The van der Waals surface area contributed by atoms with E-state index in [0.29, 0.717) is 14.4 Å². The summed E-state index contributed by atoms with van der Waals surface area (Å²) in [7, 11) is 3.34. The maximum atomic E-state index is 14.3. The van der Waals surface area contributed by atoms with Crippen molar-refractivity contribution in [3.8, 4) is 11.5 Å². The highest BCUT2D eigenvalue weighted by Crippen LogP contribution is 2.42. The number of halogens is 2. The number of ether oxygens (including phenoxy) is 2. The number of anilines is 1. The summed E-state index contributed by atoms with van der Waals surface area (Å²) in [6.45, 7) is 0. The molecule has 0 amide bonds. The molecule has 1 unspecified atom stereocenters. The van der Waals surface area contributed by atoms with E-state index in [2.05, 4.69) is 57.6 Å². The lowest BCUT2D eigenvalue weighted by Gasteiger charge is -2.28. The van der Waals surface area contributed by atoms with Gasteiger partial charge >= 0.3 is 0 Å². The Bertz CT molecular complexity index is 2200. The Morgan fingerprint density at radius 2 is 1.54 bits per heavy atom. The van der Waals surface area contributed by atoms with Crippen molar-refractivity contribution in [2.75, 3.05) is 19.5 Å². The fourth-order valence-corrected chi connectivity index (χ4v) is 7.74. The number of rotatable bonds is 7. The molecule has 6 nitrogen and oxygen atoms in total. The van der Waals surface area contributed by atoms with Gasteiger partial charge in [-0.15, -0.1) is 0 Å². The van der Waals surface area contributed by atoms with Crippen LogP contribution in [0, 0.1) is 0 Å². The van der Waals surface area contributed by atoms with Crippen LogP contribution in [0.4, 0.5) is 5.69 Å². The molecule has 2 aliphatic rings. The smallest absolute Gasteiger partial charge is 0.271 e. The fraction of sp³-hybridized carbons (Fsp3) is 0.179. The molecule has 1 aromatic heterocycles. The van der Waals surface area contributed by atoms with Gasteiger partial charge in [0.1, 0.15) is 11.5 Å². The van der Waals surface area contributed by atoms with Crippen LogP contribution in [0.1, 0.15) is 48.4 Å². The molecule has 4 aromatic carbocycles. The van der Waals surface area contributed by atoms with E-state index in [-0.39, 0.29) is 11.6 Å². The normalized spacial score (nSPS) is 17.2. The zero-order chi connectivity index (χ0) is 33.2. The van der Waals surface area contributed by atoms with Gasteiger partial charge in [0, 0.05) is 20.8 Å². The number of methoxy groups -OCH3 is 2. The summed E-state index contributed by atoms with van der Waals surface area (Å²) in [4.78, 5) is 20.3. The van der Waals surface area contributed by atoms with Crippen LogP contribution in [0.5, 0.6) is 11.5 Å². The molecule has 1 aliphatic heterocycles. The molecule has 0 saturated carbocycles. The maximum Gasteiger partial charge on any atom is 0.271 e. The highest BCUT2D eigenvalue weighted by Gasteiger charge is 2.33. The SMILES string of the molecule is COc1ccc(/C(Nc2ccc(Br)cc2)=C2\CCCCC3=C2N=c2s/c(=C\c4ccc(Cl)cc4)c(=O)n2C3c2ccc(OC)cc2)cc1. The van der Waals surface area contributed by atoms with Gasteiger partial charge in [-0.3, -0.25) is 9.36 Å². The van der Waals surface area contributed by atoms with Crippen molar-refractivity contribution in [1.29, 1.82) is 0 Å². The average molecular weight is 739 g/mol. The molecular formula is C39H33BrClN3O3S. The predicted octanol–water partition coefficient (Wildman–Crippen LogP) is 8.75. The van der Waals surface area contributed by atoms with Gasteiger partial charge < -0.3 is 14.8 Å². The van der Waals surface area contributed by atoms with Gasteiger partial charge in [0.15, 0.2) is 4.80 Å². The number of hydrogen-bond donors (Lipinski definition) is 1. The summed E-state index contributed by atoms with van der Waals surface area (Å²) in [6.07, 6.45) is 5.56. The van der Waals surface area contributed by atoms with E-state index in [9.17, 15) is 4.79 Å². The van der Waals surface area contributed by atoms with Crippen molar-refractivity contribution in [1.82, 2.24) is 4.57 Å². The Morgan fingerprint density at radius 3 is 2.21 bits per heavy atom. The first-order chi connectivity index (χ1) is 23.4. The third kappa shape index (κ3) is 6.52. The molecule has 0 bridgehead atoms. The molecule has 0 saturated heterocycles. The van der Waals surface area contributed by atoms with Crippen LogP contribution in [0.25, 0.3) is 11.8 Å². The number of nitrogens with one attached hydrogen (secondary N) is 1. The van der Waals surface area contributed by atoms with Crippen LogP contribution in [0.2, 0.25) is 5.02 Å². The lowest BCUT2D eigenvalue weighted by Crippen LogP contribution is -2.38. The second kappa shape index (κ2) is 14.0. The minimum Gasteiger partial charge on any atom is -0.497 e. The summed E-state index contributed by atoms with van der Waals surface area (Å²) < 4.78 is 14.5. The number of hydrogen-bond acceptors (Lipinski definition) is 6. The number of thiazole rings is 1. The van der Waals surface area contributed by atoms with Gasteiger partial charge in [-0.25, -0.2) is 4.99 Å². The van der Waals surface area contributed by atoms with E-state index >= 15 is 0 Å². The van der Waals surface area contributed by atoms with Crippen molar-refractivity contribution < 1.29 is 9.47 Å². The largest absolute Gasteiger partial charge is 0.497 e. The minimum absolute atomic E-state index is 0.0563. The lowest BCUT2D eigenvalue weighted by atomic mass is 9.90. The monoisotopic (exact) mass is 737 g/mol. The quantitative estimate of drug-likeness (QED) is 0.182. The molecular weight excluding hydrogens is 706 g/mol. The van der Waals surface area contributed by atoms with Crippen LogP contribution >= 0.6 is 38.9 Å². The molecule has 1 atom stereocenters. The molecule has 48 heavy (non-hydrogen) atoms. The van der Waals surface area contributed by atoms with Gasteiger partial charge in [0.05, 0.1) is 36.2 Å². The molecule has 5 aromatic rings. The van der Waals surface area contributed by atoms with Crippen LogP contribution in [-0.4, -0.2) is 18.8 Å². The van der Waals surface area contributed by atoms with E-state index in [4.69, 9.17) is 26.1 Å². The molecule has 7 rings (SSSR count). The van der Waals surface area contributed by atoms with Crippen LogP contribution in [0.3, 0.4) is 0 Å². The third-order valence-corrected chi connectivity index (χ3v) is 10.5. The minimum atomic E-state index is -0.313. The zero-order valence-corrected chi connectivity index (χ0v) is 29.7. The predicted molar refractivity (Wildman–Crippen MR) is 199 cm³/mol. The van der Waals surface area contributed by atoms with Crippen molar-refractivity contribution in [3.05, 3.63) is 160 Å². The Kier molecular flexibility index (Phi) is 9.39. The Hall–Kier alpha value is -4.37. The third-order valence-electron chi connectivity index (χ3n) is 8.74. The standard InChI is InChI=1S/C39H33BrClN3O3S/c1-46-30-19-9-25(10-20-30)35(42-29-17-13-27(40)14-18-29)32-5-3-4-6-33-36(32)43-39-44(37(33)26-11-21-31(47-2)22-12-26)38(45)34(48-39)23-24-7-15-28(41)16-8-24/h7-23,37,42H,3-6H2,1-2H3/b34-23-,35-32-. The van der Waals surface area contributed by atoms with Gasteiger partial charge in [-0.2, -0.15) is 0 Å². The van der Waals surface area contributed by atoms with Gasteiger partial charge in [0.25, 0.3) is 5.56 Å². The molecule has 9 heteroatoms. The lowest BCUT2D eigenvalue weighted by molar-refractivity contribution is 0.414. The number of allylic oxidation sites excluding steroid dienone is 2. The maximum absolute atomic E-state index is 14.3. The van der Waals surface area contributed by atoms with Crippen molar-refractivity contribution in [3.63, 3.8) is 0 Å². The molecule has 0 radical (unpaired) electrons. The number of fused-ring (bicyclic) bond motifs is 1.